The minimum atomic E-state index is -0.986. The van der Waals surface area contributed by atoms with Gasteiger partial charge in [0.1, 0.15) is 11.5 Å². The van der Waals surface area contributed by atoms with Crippen LogP contribution < -0.4 is 14.8 Å². The molecule has 0 heterocycles. The monoisotopic (exact) mass is 351 g/mol. The Bertz CT molecular complexity index is 585. The second-order valence-corrected chi connectivity index (χ2v) is 6.41. The minimum absolute atomic E-state index is 0.124. The highest BCUT2D eigenvalue weighted by atomic mass is 16.5. The van der Waals surface area contributed by atoms with Gasteiger partial charge in [-0.2, -0.15) is 0 Å². The smallest absolute Gasteiger partial charge is 0.305 e. The predicted octanol–water partition coefficient (Wildman–Crippen LogP) is 3.41. The van der Waals surface area contributed by atoms with Crippen molar-refractivity contribution in [1.82, 2.24) is 5.32 Å². The number of carbonyl (C=O) groups is 2. The van der Waals surface area contributed by atoms with E-state index in [2.05, 4.69) is 5.32 Å². The van der Waals surface area contributed by atoms with Crippen molar-refractivity contribution in [1.29, 1.82) is 0 Å². The van der Waals surface area contributed by atoms with Crippen molar-refractivity contribution >= 4 is 11.9 Å². The van der Waals surface area contributed by atoms with Gasteiger partial charge in [-0.1, -0.05) is 27.2 Å². The number of hydrogen-bond acceptors (Lipinski definition) is 4. The first-order valence-corrected chi connectivity index (χ1v) is 8.58. The molecular weight excluding hydrogens is 322 g/mol. The van der Waals surface area contributed by atoms with Crippen LogP contribution in [0.1, 0.15) is 51.6 Å². The van der Waals surface area contributed by atoms with Crippen molar-refractivity contribution in [2.75, 3.05) is 14.2 Å². The zero-order chi connectivity index (χ0) is 19.0. The van der Waals surface area contributed by atoms with E-state index in [-0.39, 0.29) is 24.2 Å². The average molecular weight is 351 g/mol. The normalized spacial score (nSPS) is 13.2. The maximum Gasteiger partial charge on any atom is 0.305 e. The summed E-state index contributed by atoms with van der Waals surface area (Å²) in [4.78, 5) is 24.0. The van der Waals surface area contributed by atoms with Crippen LogP contribution in [0.4, 0.5) is 0 Å². The molecule has 0 radical (unpaired) electrons. The maximum atomic E-state index is 12.7. The summed E-state index contributed by atoms with van der Waals surface area (Å²) >= 11 is 0. The van der Waals surface area contributed by atoms with Crippen molar-refractivity contribution in [3.63, 3.8) is 0 Å². The predicted molar refractivity (Wildman–Crippen MR) is 95.9 cm³/mol. The van der Waals surface area contributed by atoms with Crippen LogP contribution in [0, 0.1) is 11.8 Å². The molecule has 0 saturated carbocycles. The summed E-state index contributed by atoms with van der Waals surface area (Å²) in [6.07, 6.45) is 1.44. The van der Waals surface area contributed by atoms with Gasteiger partial charge in [0, 0.05) is 17.5 Å². The molecule has 0 spiro atoms. The molecule has 0 bridgehead atoms. The number of carbonyl (C=O) groups excluding carboxylic acids is 1. The van der Waals surface area contributed by atoms with E-state index < -0.39 is 12.0 Å². The SMILES string of the molecule is CCCC(C(=O)NC(CC(=O)O)c1ccc(OC)cc1OC)C(C)C. The molecule has 2 atom stereocenters. The fourth-order valence-corrected chi connectivity index (χ4v) is 2.88. The van der Waals surface area contributed by atoms with Crippen LogP contribution in [0.15, 0.2) is 18.2 Å². The van der Waals surface area contributed by atoms with Crippen molar-refractivity contribution in [2.45, 2.75) is 46.1 Å². The Kier molecular flexibility index (Phi) is 8.25. The van der Waals surface area contributed by atoms with Crippen LogP contribution in [-0.4, -0.2) is 31.2 Å². The fourth-order valence-electron chi connectivity index (χ4n) is 2.88. The molecule has 1 rings (SSSR count). The Morgan fingerprint density at radius 2 is 1.88 bits per heavy atom. The van der Waals surface area contributed by atoms with E-state index in [0.29, 0.717) is 17.1 Å². The van der Waals surface area contributed by atoms with E-state index in [9.17, 15) is 14.7 Å². The van der Waals surface area contributed by atoms with Gasteiger partial charge in [0.2, 0.25) is 5.91 Å². The zero-order valence-corrected chi connectivity index (χ0v) is 15.7. The molecular formula is C19H29NO5. The number of ether oxygens (including phenoxy) is 2. The second kappa shape index (κ2) is 9.91. The van der Waals surface area contributed by atoms with Gasteiger partial charge < -0.3 is 19.9 Å². The van der Waals surface area contributed by atoms with Crippen LogP contribution in [-0.2, 0) is 9.59 Å². The Balaban J connectivity index is 3.13. The number of carboxylic acids is 1. The number of amides is 1. The van der Waals surface area contributed by atoms with E-state index in [1.807, 2.05) is 20.8 Å². The topological polar surface area (TPSA) is 84.9 Å². The molecule has 140 valence electrons. The van der Waals surface area contributed by atoms with Crippen molar-refractivity contribution in [2.24, 2.45) is 11.8 Å². The van der Waals surface area contributed by atoms with Gasteiger partial charge >= 0.3 is 5.97 Å². The lowest BCUT2D eigenvalue weighted by atomic mass is 9.89. The molecule has 0 fully saturated rings. The molecule has 0 aliphatic carbocycles. The lowest BCUT2D eigenvalue weighted by Gasteiger charge is -2.25. The Hall–Kier alpha value is -2.24. The largest absolute Gasteiger partial charge is 0.497 e. The molecule has 0 aliphatic heterocycles. The Morgan fingerprint density at radius 3 is 2.36 bits per heavy atom. The molecule has 2 unspecified atom stereocenters. The van der Waals surface area contributed by atoms with E-state index in [4.69, 9.17) is 9.47 Å². The molecule has 0 aliphatic rings. The number of benzene rings is 1. The first-order chi connectivity index (χ1) is 11.8. The van der Waals surface area contributed by atoms with Gasteiger partial charge in [-0.05, 0) is 24.5 Å². The lowest BCUT2D eigenvalue weighted by Crippen LogP contribution is -2.37. The standard InChI is InChI=1S/C19H29NO5/c1-6-7-14(12(2)3)19(23)20-16(11-18(21)22)15-9-8-13(24-4)10-17(15)25-5/h8-10,12,14,16H,6-7,11H2,1-5H3,(H,20,23)(H,21,22). The summed E-state index contributed by atoms with van der Waals surface area (Å²) in [6, 6.07) is 4.48. The van der Waals surface area contributed by atoms with Crippen LogP contribution in [0.25, 0.3) is 0 Å². The third-order valence-electron chi connectivity index (χ3n) is 4.25. The van der Waals surface area contributed by atoms with E-state index in [0.717, 1.165) is 12.8 Å². The third kappa shape index (κ3) is 5.96. The highest BCUT2D eigenvalue weighted by molar-refractivity contribution is 5.80. The van der Waals surface area contributed by atoms with Gasteiger partial charge in [0.05, 0.1) is 26.7 Å². The average Bonchev–Trinajstić information content (AvgIpc) is 2.57. The highest BCUT2D eigenvalue weighted by Crippen LogP contribution is 2.32. The van der Waals surface area contributed by atoms with Crippen LogP contribution in [0.5, 0.6) is 11.5 Å². The number of methoxy groups -OCH3 is 2. The minimum Gasteiger partial charge on any atom is -0.497 e. The zero-order valence-electron chi connectivity index (χ0n) is 15.7. The third-order valence-corrected chi connectivity index (χ3v) is 4.25. The van der Waals surface area contributed by atoms with Crippen LogP contribution in [0.2, 0.25) is 0 Å². The molecule has 1 aromatic carbocycles. The van der Waals surface area contributed by atoms with Gasteiger partial charge in [-0.3, -0.25) is 9.59 Å². The quantitative estimate of drug-likeness (QED) is 0.675. The number of aliphatic carboxylic acids is 1. The molecule has 0 saturated heterocycles. The molecule has 1 aromatic rings. The summed E-state index contributed by atoms with van der Waals surface area (Å²) in [7, 11) is 3.05. The fraction of sp³-hybridized carbons (Fsp3) is 0.579. The highest BCUT2D eigenvalue weighted by Gasteiger charge is 2.27. The molecule has 2 N–H and O–H groups in total. The van der Waals surface area contributed by atoms with Crippen molar-refractivity contribution < 1.29 is 24.2 Å². The maximum absolute atomic E-state index is 12.7. The van der Waals surface area contributed by atoms with Gasteiger partial charge in [0.25, 0.3) is 0 Å². The number of carboxylic acid groups (broad SMARTS) is 1. The number of nitrogens with one attached hydrogen (secondary N) is 1. The summed E-state index contributed by atoms with van der Waals surface area (Å²) < 4.78 is 10.5. The molecule has 6 nitrogen and oxygen atoms in total. The van der Waals surface area contributed by atoms with Crippen LogP contribution in [0.3, 0.4) is 0 Å². The molecule has 1 amide bonds. The molecule has 0 aromatic heterocycles. The summed E-state index contributed by atoms with van der Waals surface area (Å²) in [5, 5.41) is 12.2. The molecule has 6 heteroatoms. The summed E-state index contributed by atoms with van der Waals surface area (Å²) in [6.45, 7) is 6.03. The van der Waals surface area contributed by atoms with E-state index >= 15 is 0 Å². The van der Waals surface area contributed by atoms with Gasteiger partial charge in [-0.25, -0.2) is 0 Å². The van der Waals surface area contributed by atoms with Gasteiger partial charge in [0.15, 0.2) is 0 Å². The lowest BCUT2D eigenvalue weighted by molar-refractivity contribution is -0.138. The summed E-state index contributed by atoms with van der Waals surface area (Å²) in [5.41, 5.74) is 0.623. The van der Waals surface area contributed by atoms with Crippen LogP contribution >= 0.6 is 0 Å². The second-order valence-electron chi connectivity index (χ2n) is 6.41. The van der Waals surface area contributed by atoms with E-state index in [1.54, 1.807) is 25.3 Å². The first kappa shape index (κ1) is 20.8. The Labute approximate surface area is 149 Å². The first-order valence-electron chi connectivity index (χ1n) is 8.58. The van der Waals surface area contributed by atoms with E-state index in [1.165, 1.54) is 7.11 Å². The van der Waals surface area contributed by atoms with Crippen molar-refractivity contribution in [3.05, 3.63) is 23.8 Å². The van der Waals surface area contributed by atoms with Gasteiger partial charge in [-0.15, -0.1) is 0 Å². The Morgan fingerprint density at radius 1 is 1.20 bits per heavy atom. The number of rotatable bonds is 10. The van der Waals surface area contributed by atoms with Crippen molar-refractivity contribution in [3.8, 4) is 11.5 Å². The summed E-state index contributed by atoms with van der Waals surface area (Å²) in [5.74, 6) is 0.0176. The molecule has 25 heavy (non-hydrogen) atoms. The number of hydrogen-bond donors (Lipinski definition) is 2.